The van der Waals surface area contributed by atoms with Crippen LogP contribution in [0.15, 0.2) is 73.0 Å². The third-order valence-corrected chi connectivity index (χ3v) is 3.92. The highest BCUT2D eigenvalue weighted by molar-refractivity contribution is 5.14. The molecule has 0 spiro atoms. The van der Waals surface area contributed by atoms with Gasteiger partial charge in [0, 0.05) is 0 Å². The minimum Gasteiger partial charge on any atom is -0.493 e. The monoisotopic (exact) mass is 326 g/mol. The molecule has 4 nitrogen and oxygen atoms in total. The molecule has 3 atom stereocenters. The lowest BCUT2D eigenvalue weighted by Crippen LogP contribution is -2.44. The van der Waals surface area contributed by atoms with Crippen LogP contribution in [0, 0.1) is 0 Å². The maximum atomic E-state index is 10.4. The van der Waals surface area contributed by atoms with E-state index in [1.807, 2.05) is 60.7 Å². The summed E-state index contributed by atoms with van der Waals surface area (Å²) < 4.78 is 16.9. The third kappa shape index (κ3) is 4.68. The molecule has 2 aromatic carbocycles. The van der Waals surface area contributed by atoms with Gasteiger partial charge in [0.15, 0.2) is 0 Å². The predicted octanol–water partition coefficient (Wildman–Crippen LogP) is 3.06. The molecule has 0 bridgehead atoms. The van der Waals surface area contributed by atoms with Crippen molar-refractivity contribution in [1.82, 2.24) is 0 Å². The van der Waals surface area contributed by atoms with Crippen molar-refractivity contribution in [3.8, 4) is 0 Å². The first-order chi connectivity index (χ1) is 11.8. The van der Waals surface area contributed by atoms with Gasteiger partial charge in [0.05, 0.1) is 26.1 Å². The van der Waals surface area contributed by atoms with Crippen LogP contribution < -0.4 is 0 Å². The lowest BCUT2D eigenvalue weighted by molar-refractivity contribution is -0.116. The molecule has 1 N–H and O–H groups in total. The Hall–Kier alpha value is -2.14. The van der Waals surface area contributed by atoms with E-state index in [4.69, 9.17) is 14.2 Å². The summed E-state index contributed by atoms with van der Waals surface area (Å²) in [6, 6.07) is 19.8. The lowest BCUT2D eigenvalue weighted by atomic mass is 10.1. The molecule has 126 valence electrons. The van der Waals surface area contributed by atoms with Crippen molar-refractivity contribution in [2.45, 2.75) is 31.5 Å². The summed E-state index contributed by atoms with van der Waals surface area (Å²) >= 11 is 0. The van der Waals surface area contributed by atoms with E-state index in [0.717, 1.165) is 11.1 Å². The highest BCUT2D eigenvalue weighted by Crippen LogP contribution is 2.18. The Morgan fingerprint density at radius 3 is 2.17 bits per heavy atom. The van der Waals surface area contributed by atoms with Crippen LogP contribution in [0.1, 0.15) is 11.1 Å². The summed E-state index contributed by atoms with van der Waals surface area (Å²) in [5, 5.41) is 10.4. The molecule has 0 aliphatic carbocycles. The topological polar surface area (TPSA) is 47.9 Å². The van der Waals surface area contributed by atoms with E-state index in [2.05, 4.69) is 0 Å². The van der Waals surface area contributed by atoms with Gasteiger partial charge in [0.2, 0.25) is 0 Å². The van der Waals surface area contributed by atoms with Crippen molar-refractivity contribution >= 4 is 0 Å². The molecule has 1 aliphatic heterocycles. The van der Waals surface area contributed by atoms with Gasteiger partial charge in [-0.3, -0.25) is 0 Å². The second kappa shape index (κ2) is 8.64. The Kier molecular flexibility index (Phi) is 6.01. The summed E-state index contributed by atoms with van der Waals surface area (Å²) in [4.78, 5) is 0. The maximum absolute atomic E-state index is 10.4. The van der Waals surface area contributed by atoms with E-state index >= 15 is 0 Å². The number of hydrogen-bond acceptors (Lipinski definition) is 4. The van der Waals surface area contributed by atoms with Gasteiger partial charge in [-0.25, -0.2) is 0 Å². The fraction of sp³-hybridized carbons (Fsp3) is 0.300. The number of rotatable bonds is 7. The van der Waals surface area contributed by atoms with E-state index in [1.165, 1.54) is 0 Å². The van der Waals surface area contributed by atoms with Gasteiger partial charge in [-0.05, 0) is 17.2 Å². The van der Waals surface area contributed by atoms with Crippen molar-refractivity contribution < 1.29 is 19.3 Å². The van der Waals surface area contributed by atoms with Gasteiger partial charge in [-0.1, -0.05) is 60.7 Å². The minimum atomic E-state index is -0.755. The van der Waals surface area contributed by atoms with Gasteiger partial charge < -0.3 is 19.3 Å². The molecule has 1 heterocycles. The largest absolute Gasteiger partial charge is 0.493 e. The predicted molar refractivity (Wildman–Crippen MR) is 91.1 cm³/mol. The molecule has 2 aromatic rings. The van der Waals surface area contributed by atoms with Crippen LogP contribution in [0.25, 0.3) is 0 Å². The minimum absolute atomic E-state index is 0.311. The Labute approximate surface area is 142 Å². The molecule has 24 heavy (non-hydrogen) atoms. The van der Waals surface area contributed by atoms with Crippen molar-refractivity contribution in [2.75, 3.05) is 6.61 Å². The van der Waals surface area contributed by atoms with Crippen molar-refractivity contribution in [1.29, 1.82) is 0 Å². The molecule has 0 radical (unpaired) electrons. The number of aliphatic hydroxyl groups excluding tert-OH is 1. The van der Waals surface area contributed by atoms with Crippen LogP contribution in [0.5, 0.6) is 0 Å². The SMILES string of the molecule is OC1C(COCc2ccccc2)OC=C[C@@H]1OCc1ccccc1. The van der Waals surface area contributed by atoms with Crippen LogP contribution in [0.2, 0.25) is 0 Å². The van der Waals surface area contributed by atoms with E-state index in [0.29, 0.717) is 19.8 Å². The van der Waals surface area contributed by atoms with Gasteiger partial charge in [-0.15, -0.1) is 0 Å². The van der Waals surface area contributed by atoms with E-state index in [9.17, 15) is 5.11 Å². The lowest BCUT2D eigenvalue weighted by Gasteiger charge is -2.31. The Morgan fingerprint density at radius 2 is 1.50 bits per heavy atom. The summed E-state index contributed by atoms with van der Waals surface area (Å²) in [6.07, 6.45) is 1.73. The van der Waals surface area contributed by atoms with E-state index in [1.54, 1.807) is 12.3 Å². The molecule has 0 aromatic heterocycles. The molecule has 1 aliphatic rings. The normalized spacial score (nSPS) is 23.0. The number of hydrogen-bond donors (Lipinski definition) is 1. The first-order valence-corrected chi connectivity index (χ1v) is 8.10. The summed E-state index contributed by atoms with van der Waals surface area (Å²) in [7, 11) is 0. The fourth-order valence-electron chi connectivity index (χ4n) is 2.56. The van der Waals surface area contributed by atoms with Gasteiger partial charge in [-0.2, -0.15) is 0 Å². The van der Waals surface area contributed by atoms with Crippen LogP contribution in [-0.4, -0.2) is 30.0 Å². The second-order valence-corrected chi connectivity index (χ2v) is 5.76. The highest BCUT2D eigenvalue weighted by atomic mass is 16.6. The van der Waals surface area contributed by atoms with Gasteiger partial charge >= 0.3 is 0 Å². The smallest absolute Gasteiger partial charge is 0.150 e. The summed E-state index contributed by atoms with van der Waals surface area (Å²) in [6.45, 7) is 1.25. The first kappa shape index (κ1) is 16.7. The highest BCUT2D eigenvalue weighted by Gasteiger charge is 2.31. The zero-order valence-electron chi connectivity index (χ0n) is 13.5. The molecule has 0 saturated carbocycles. The average molecular weight is 326 g/mol. The Balaban J connectivity index is 1.46. The summed E-state index contributed by atoms with van der Waals surface area (Å²) in [5.41, 5.74) is 2.16. The molecule has 4 heteroatoms. The molecular formula is C20H22O4. The fourth-order valence-corrected chi connectivity index (χ4v) is 2.56. The zero-order valence-corrected chi connectivity index (χ0v) is 13.5. The van der Waals surface area contributed by atoms with Crippen LogP contribution in [-0.2, 0) is 27.4 Å². The van der Waals surface area contributed by atoms with E-state index < -0.39 is 18.3 Å². The molecule has 0 fully saturated rings. The number of ether oxygens (including phenoxy) is 3. The van der Waals surface area contributed by atoms with Gasteiger partial charge in [0.1, 0.15) is 18.3 Å². The van der Waals surface area contributed by atoms with Crippen LogP contribution in [0.3, 0.4) is 0 Å². The Bertz CT molecular complexity index is 627. The number of benzene rings is 2. The molecule has 3 rings (SSSR count). The van der Waals surface area contributed by atoms with Crippen molar-refractivity contribution in [3.63, 3.8) is 0 Å². The Morgan fingerprint density at radius 1 is 0.875 bits per heavy atom. The molecule has 2 unspecified atom stereocenters. The van der Waals surface area contributed by atoms with Crippen LogP contribution in [0.4, 0.5) is 0 Å². The standard InChI is InChI=1S/C20H22O4/c21-20-18(24-14-17-9-5-2-6-10-17)11-12-23-19(20)15-22-13-16-7-3-1-4-8-16/h1-12,18-21H,13-15H2/t18-,19?,20?/m0/s1. The molecular weight excluding hydrogens is 304 g/mol. The first-order valence-electron chi connectivity index (χ1n) is 8.10. The average Bonchev–Trinajstić information content (AvgIpc) is 2.64. The third-order valence-electron chi connectivity index (χ3n) is 3.92. The zero-order chi connectivity index (χ0) is 16.6. The molecule has 0 amide bonds. The van der Waals surface area contributed by atoms with Crippen molar-refractivity contribution in [3.05, 3.63) is 84.1 Å². The quantitative estimate of drug-likeness (QED) is 0.849. The second-order valence-electron chi connectivity index (χ2n) is 5.76. The van der Waals surface area contributed by atoms with Crippen molar-refractivity contribution in [2.24, 2.45) is 0 Å². The van der Waals surface area contributed by atoms with Gasteiger partial charge in [0.25, 0.3) is 0 Å². The molecule has 0 saturated heterocycles. The maximum Gasteiger partial charge on any atom is 0.150 e. The summed E-state index contributed by atoms with van der Waals surface area (Å²) in [5.74, 6) is 0. The number of aliphatic hydroxyl groups is 1. The van der Waals surface area contributed by atoms with Crippen LogP contribution >= 0.6 is 0 Å². The van der Waals surface area contributed by atoms with E-state index in [-0.39, 0.29) is 0 Å².